The van der Waals surface area contributed by atoms with Gasteiger partial charge in [-0.2, -0.15) is 5.10 Å². The predicted molar refractivity (Wildman–Crippen MR) is 87.2 cm³/mol. The van der Waals surface area contributed by atoms with Gasteiger partial charge in [-0.3, -0.25) is 5.01 Å². The first-order valence-electron chi connectivity index (χ1n) is 6.56. The molecular weight excluding hydrogens is 252 g/mol. The van der Waals surface area contributed by atoms with Crippen molar-refractivity contribution < 1.29 is 0 Å². The molecule has 1 aromatic rings. The van der Waals surface area contributed by atoms with Crippen LogP contribution in [0.15, 0.2) is 53.2 Å². The van der Waals surface area contributed by atoms with Crippen LogP contribution in [0.2, 0.25) is 0 Å². The molecule has 0 N–H and O–H groups in total. The number of allylic oxidation sites excluding steroid dienone is 4. The monoisotopic (exact) mass is 270 g/mol. The third-order valence-electron chi connectivity index (χ3n) is 3.02. The van der Waals surface area contributed by atoms with Crippen LogP contribution in [0.3, 0.4) is 0 Å². The molecule has 0 amide bonds. The lowest BCUT2D eigenvalue weighted by Gasteiger charge is -2.12. The van der Waals surface area contributed by atoms with Gasteiger partial charge in [0, 0.05) is 11.9 Å². The SMILES string of the molecule is CC/C=C\C(C=NN1CCc2ccccc21)=C/C=S. The van der Waals surface area contributed by atoms with E-state index in [0.29, 0.717) is 0 Å². The Labute approximate surface area is 120 Å². The molecule has 0 aromatic heterocycles. The number of benzene rings is 1. The number of anilines is 1. The summed E-state index contributed by atoms with van der Waals surface area (Å²) in [6, 6.07) is 8.41. The van der Waals surface area contributed by atoms with E-state index in [0.717, 1.165) is 25.0 Å². The molecular formula is C16H18N2S. The number of rotatable bonds is 5. The molecule has 1 aliphatic rings. The topological polar surface area (TPSA) is 15.6 Å². The van der Waals surface area contributed by atoms with Crippen molar-refractivity contribution in [3.8, 4) is 0 Å². The van der Waals surface area contributed by atoms with E-state index < -0.39 is 0 Å². The van der Waals surface area contributed by atoms with Gasteiger partial charge >= 0.3 is 0 Å². The predicted octanol–water partition coefficient (Wildman–Crippen LogP) is 3.93. The second-order valence-electron chi connectivity index (χ2n) is 4.36. The molecule has 2 nitrogen and oxygen atoms in total. The first-order chi connectivity index (χ1) is 9.35. The van der Waals surface area contributed by atoms with Crippen LogP contribution in [0, 0.1) is 0 Å². The van der Waals surface area contributed by atoms with E-state index in [9.17, 15) is 0 Å². The lowest BCUT2D eigenvalue weighted by atomic mass is 10.2. The summed E-state index contributed by atoms with van der Waals surface area (Å²) >= 11 is 4.88. The fourth-order valence-electron chi connectivity index (χ4n) is 2.05. The standard InChI is InChI=1S/C16H18N2S/c1-2-3-6-14(10-12-19)13-17-18-11-9-15-7-4-5-8-16(15)18/h3-8,10,12-13H,2,9,11H2,1H3/b6-3-,14-10+,17-13?. The Hall–Kier alpha value is -1.74. The van der Waals surface area contributed by atoms with Crippen molar-refractivity contribution in [2.75, 3.05) is 11.6 Å². The number of hydrazone groups is 1. The van der Waals surface area contributed by atoms with E-state index in [1.807, 2.05) is 23.4 Å². The minimum Gasteiger partial charge on any atom is -0.265 e. The van der Waals surface area contributed by atoms with Gasteiger partial charge in [-0.05, 0) is 36.1 Å². The van der Waals surface area contributed by atoms with Crippen molar-refractivity contribution in [2.45, 2.75) is 19.8 Å². The Bertz CT molecular complexity index is 529. The van der Waals surface area contributed by atoms with E-state index in [2.05, 4.69) is 42.4 Å². The van der Waals surface area contributed by atoms with Gasteiger partial charge in [-0.25, -0.2) is 0 Å². The second-order valence-corrected chi connectivity index (χ2v) is 4.63. The fourth-order valence-corrected chi connectivity index (χ4v) is 2.21. The van der Waals surface area contributed by atoms with Crippen molar-refractivity contribution in [3.63, 3.8) is 0 Å². The highest BCUT2D eigenvalue weighted by atomic mass is 32.1. The first kappa shape index (κ1) is 13.7. The van der Waals surface area contributed by atoms with E-state index in [1.54, 1.807) is 5.37 Å². The zero-order valence-corrected chi connectivity index (χ0v) is 11.9. The second kappa shape index (κ2) is 7.00. The Balaban J connectivity index is 2.12. The van der Waals surface area contributed by atoms with Crippen LogP contribution >= 0.6 is 12.2 Å². The molecule has 0 saturated carbocycles. The highest BCUT2D eigenvalue weighted by Crippen LogP contribution is 2.27. The normalized spacial score (nSPS) is 15.4. The number of para-hydroxylation sites is 1. The molecule has 0 aliphatic carbocycles. The molecule has 0 spiro atoms. The molecule has 0 bridgehead atoms. The van der Waals surface area contributed by atoms with Crippen molar-refractivity contribution in [1.29, 1.82) is 0 Å². The summed E-state index contributed by atoms with van der Waals surface area (Å²) in [5.74, 6) is 0. The minimum absolute atomic E-state index is 0.943. The summed E-state index contributed by atoms with van der Waals surface area (Å²) in [5.41, 5.74) is 3.60. The zero-order valence-electron chi connectivity index (χ0n) is 11.1. The fraction of sp³-hybridized carbons (Fsp3) is 0.250. The first-order valence-corrected chi connectivity index (χ1v) is 7.03. The quantitative estimate of drug-likeness (QED) is 0.349. The van der Waals surface area contributed by atoms with Crippen LogP contribution in [0.5, 0.6) is 0 Å². The molecule has 1 aliphatic heterocycles. The molecule has 0 unspecified atom stereocenters. The number of nitrogens with zero attached hydrogens (tertiary/aromatic N) is 2. The largest absolute Gasteiger partial charge is 0.265 e. The Morgan fingerprint density at radius 2 is 2.26 bits per heavy atom. The molecule has 0 radical (unpaired) electrons. The molecule has 0 atom stereocenters. The summed E-state index contributed by atoms with van der Waals surface area (Å²) in [6.07, 6.45) is 9.99. The molecule has 0 fully saturated rings. The molecule has 2 rings (SSSR count). The maximum Gasteiger partial charge on any atom is 0.0626 e. The summed E-state index contributed by atoms with van der Waals surface area (Å²) in [6.45, 7) is 3.05. The van der Waals surface area contributed by atoms with Crippen molar-refractivity contribution in [2.24, 2.45) is 5.10 Å². The van der Waals surface area contributed by atoms with Gasteiger partial charge in [0.2, 0.25) is 0 Å². The highest BCUT2D eigenvalue weighted by molar-refractivity contribution is 7.79. The lowest BCUT2D eigenvalue weighted by molar-refractivity contribution is 0.896. The summed E-state index contributed by atoms with van der Waals surface area (Å²) in [5, 5.41) is 8.23. The molecule has 1 aromatic carbocycles. The average Bonchev–Trinajstić information content (AvgIpc) is 2.85. The van der Waals surface area contributed by atoms with Crippen LogP contribution in [0.4, 0.5) is 5.69 Å². The maximum atomic E-state index is 4.88. The Kier molecular flexibility index (Phi) is 5.04. The smallest absolute Gasteiger partial charge is 0.0626 e. The van der Waals surface area contributed by atoms with Gasteiger partial charge in [0.1, 0.15) is 0 Å². The third-order valence-corrected chi connectivity index (χ3v) is 3.15. The molecule has 19 heavy (non-hydrogen) atoms. The number of thiocarbonyl (C=S) groups is 1. The van der Waals surface area contributed by atoms with Gasteiger partial charge in [-0.15, -0.1) is 0 Å². The molecule has 3 heteroatoms. The van der Waals surface area contributed by atoms with Crippen molar-refractivity contribution >= 4 is 29.5 Å². The lowest BCUT2D eigenvalue weighted by Crippen LogP contribution is -2.12. The van der Waals surface area contributed by atoms with Gasteiger partial charge in [-0.1, -0.05) is 49.5 Å². The minimum atomic E-state index is 0.943. The van der Waals surface area contributed by atoms with E-state index in [-0.39, 0.29) is 0 Å². The van der Waals surface area contributed by atoms with Gasteiger partial charge in [0.05, 0.1) is 11.9 Å². The van der Waals surface area contributed by atoms with Crippen LogP contribution in [0.1, 0.15) is 18.9 Å². The van der Waals surface area contributed by atoms with Crippen LogP contribution in [-0.2, 0) is 6.42 Å². The summed E-state index contributed by atoms with van der Waals surface area (Å²) < 4.78 is 0. The molecule has 1 heterocycles. The number of hydrogen-bond acceptors (Lipinski definition) is 3. The maximum absolute atomic E-state index is 4.88. The van der Waals surface area contributed by atoms with Crippen molar-refractivity contribution in [3.05, 3.63) is 53.6 Å². The molecule has 98 valence electrons. The van der Waals surface area contributed by atoms with Crippen molar-refractivity contribution in [1.82, 2.24) is 0 Å². The Morgan fingerprint density at radius 1 is 1.42 bits per heavy atom. The van der Waals surface area contributed by atoms with Gasteiger partial charge in [0.15, 0.2) is 0 Å². The summed E-state index contributed by atoms with van der Waals surface area (Å²) in [4.78, 5) is 0. The number of fused-ring (bicyclic) bond motifs is 1. The molecule has 0 saturated heterocycles. The number of hydrogen-bond donors (Lipinski definition) is 0. The van der Waals surface area contributed by atoms with Crippen LogP contribution < -0.4 is 5.01 Å². The third kappa shape index (κ3) is 3.61. The van der Waals surface area contributed by atoms with E-state index in [4.69, 9.17) is 12.2 Å². The van der Waals surface area contributed by atoms with E-state index >= 15 is 0 Å². The van der Waals surface area contributed by atoms with Gasteiger partial charge < -0.3 is 0 Å². The average molecular weight is 270 g/mol. The highest BCUT2D eigenvalue weighted by Gasteiger charge is 2.16. The van der Waals surface area contributed by atoms with E-state index in [1.165, 1.54) is 11.3 Å². The van der Waals surface area contributed by atoms with Gasteiger partial charge in [0.25, 0.3) is 0 Å². The zero-order chi connectivity index (χ0) is 13.5. The van der Waals surface area contributed by atoms with Crippen LogP contribution in [0.25, 0.3) is 0 Å². The summed E-state index contributed by atoms with van der Waals surface area (Å²) in [7, 11) is 0. The Morgan fingerprint density at radius 3 is 3.05 bits per heavy atom. The van der Waals surface area contributed by atoms with Crippen LogP contribution in [-0.4, -0.2) is 18.1 Å².